The Balaban J connectivity index is 2.79. The Kier molecular flexibility index (Phi) is 5.19. The summed E-state index contributed by atoms with van der Waals surface area (Å²) in [5.41, 5.74) is 1.08. The van der Waals surface area contributed by atoms with Gasteiger partial charge in [0.25, 0.3) is 0 Å². The van der Waals surface area contributed by atoms with Crippen molar-refractivity contribution in [3.63, 3.8) is 0 Å². The van der Waals surface area contributed by atoms with E-state index < -0.39 is 0 Å². The molecule has 2 N–H and O–H groups in total. The van der Waals surface area contributed by atoms with Gasteiger partial charge in [-0.05, 0) is 27.2 Å². The second-order valence-corrected chi connectivity index (χ2v) is 4.53. The van der Waals surface area contributed by atoms with E-state index >= 15 is 0 Å². The molecule has 0 bridgehead atoms. The summed E-state index contributed by atoms with van der Waals surface area (Å²) in [5.74, 6) is 2.65. The molecule has 0 fully saturated rings. The molecule has 1 atom stereocenters. The fourth-order valence-electron chi connectivity index (χ4n) is 1.83. The normalized spacial score (nSPS) is 12.3. The minimum absolute atomic E-state index is 0.452. The lowest BCUT2D eigenvalue weighted by atomic mass is 10.1. The van der Waals surface area contributed by atoms with Crippen LogP contribution in [0.3, 0.4) is 0 Å². The summed E-state index contributed by atoms with van der Waals surface area (Å²) >= 11 is 0. The monoisotopic (exact) mass is 236 g/mol. The zero-order valence-electron chi connectivity index (χ0n) is 11.6. The first-order chi connectivity index (χ1) is 8.08. The van der Waals surface area contributed by atoms with Crippen LogP contribution >= 0.6 is 0 Å². The van der Waals surface area contributed by atoms with Gasteiger partial charge in [-0.15, -0.1) is 0 Å². The second-order valence-electron chi connectivity index (χ2n) is 4.53. The van der Waals surface area contributed by atoms with Crippen molar-refractivity contribution in [2.75, 3.05) is 17.7 Å². The number of rotatable bonds is 6. The molecule has 1 aromatic heterocycles. The summed E-state index contributed by atoms with van der Waals surface area (Å²) in [5, 5.41) is 6.57. The standard InChI is InChI=1S/C13H24N4/c1-6-7-8-9(2)15-13-10(3)12(14-5)16-11(4)17-13/h9H,6-8H2,1-5H3,(H2,14,15,16,17). The van der Waals surface area contributed by atoms with Gasteiger partial charge in [0.15, 0.2) is 0 Å². The van der Waals surface area contributed by atoms with Gasteiger partial charge >= 0.3 is 0 Å². The van der Waals surface area contributed by atoms with E-state index in [1.807, 2.05) is 20.9 Å². The zero-order chi connectivity index (χ0) is 12.8. The third-order valence-corrected chi connectivity index (χ3v) is 2.87. The van der Waals surface area contributed by atoms with Gasteiger partial charge in [0, 0.05) is 18.7 Å². The third kappa shape index (κ3) is 3.88. The highest BCUT2D eigenvalue weighted by atomic mass is 15.1. The number of hydrogen-bond acceptors (Lipinski definition) is 4. The minimum Gasteiger partial charge on any atom is -0.373 e. The van der Waals surface area contributed by atoms with Crippen LogP contribution < -0.4 is 10.6 Å². The minimum atomic E-state index is 0.452. The van der Waals surface area contributed by atoms with Crippen molar-refractivity contribution in [2.45, 2.75) is 53.0 Å². The second kappa shape index (κ2) is 6.42. The van der Waals surface area contributed by atoms with Crippen LogP contribution in [0.4, 0.5) is 11.6 Å². The Morgan fingerprint density at radius 2 is 1.82 bits per heavy atom. The largest absolute Gasteiger partial charge is 0.373 e. The number of hydrogen-bond donors (Lipinski definition) is 2. The molecule has 0 aliphatic carbocycles. The lowest BCUT2D eigenvalue weighted by molar-refractivity contribution is 0.642. The van der Waals surface area contributed by atoms with Crippen LogP contribution in [-0.2, 0) is 0 Å². The van der Waals surface area contributed by atoms with Crippen molar-refractivity contribution in [2.24, 2.45) is 0 Å². The smallest absolute Gasteiger partial charge is 0.134 e. The van der Waals surface area contributed by atoms with E-state index in [1.54, 1.807) is 0 Å². The summed E-state index contributed by atoms with van der Waals surface area (Å²) in [6.45, 7) is 8.37. The molecular weight excluding hydrogens is 212 g/mol. The molecular formula is C13H24N4. The Morgan fingerprint density at radius 3 is 2.41 bits per heavy atom. The summed E-state index contributed by atoms with van der Waals surface area (Å²) in [6.07, 6.45) is 3.65. The van der Waals surface area contributed by atoms with Crippen molar-refractivity contribution in [1.29, 1.82) is 0 Å². The SMILES string of the molecule is CCCCC(C)Nc1nc(C)nc(NC)c1C. The molecule has 0 aromatic carbocycles. The molecule has 0 saturated carbocycles. The van der Waals surface area contributed by atoms with Crippen LogP contribution in [0.15, 0.2) is 0 Å². The van der Waals surface area contributed by atoms with E-state index in [0.29, 0.717) is 6.04 Å². The van der Waals surface area contributed by atoms with Crippen molar-refractivity contribution in [3.05, 3.63) is 11.4 Å². The van der Waals surface area contributed by atoms with Gasteiger partial charge in [-0.3, -0.25) is 0 Å². The van der Waals surface area contributed by atoms with Gasteiger partial charge in [-0.25, -0.2) is 9.97 Å². The van der Waals surface area contributed by atoms with Crippen LogP contribution in [0.1, 0.15) is 44.5 Å². The topological polar surface area (TPSA) is 49.8 Å². The van der Waals surface area contributed by atoms with E-state index in [4.69, 9.17) is 0 Å². The van der Waals surface area contributed by atoms with Gasteiger partial charge in [0.05, 0.1) is 0 Å². The molecule has 0 spiro atoms. The highest BCUT2D eigenvalue weighted by molar-refractivity contribution is 5.57. The lowest BCUT2D eigenvalue weighted by Crippen LogP contribution is -2.18. The fraction of sp³-hybridized carbons (Fsp3) is 0.692. The van der Waals surface area contributed by atoms with E-state index in [1.165, 1.54) is 19.3 Å². The summed E-state index contributed by atoms with van der Waals surface area (Å²) in [6, 6.07) is 0.452. The van der Waals surface area contributed by atoms with E-state index in [-0.39, 0.29) is 0 Å². The van der Waals surface area contributed by atoms with Crippen LogP contribution in [-0.4, -0.2) is 23.1 Å². The highest BCUT2D eigenvalue weighted by Gasteiger charge is 2.10. The molecule has 0 saturated heterocycles. The average molecular weight is 236 g/mol. The Bertz CT molecular complexity index is 363. The molecule has 1 rings (SSSR count). The molecule has 4 heteroatoms. The molecule has 4 nitrogen and oxygen atoms in total. The van der Waals surface area contributed by atoms with Gasteiger partial charge < -0.3 is 10.6 Å². The number of unbranched alkanes of at least 4 members (excludes halogenated alkanes) is 1. The molecule has 0 radical (unpaired) electrons. The summed E-state index contributed by atoms with van der Waals surface area (Å²) in [4.78, 5) is 8.83. The quantitative estimate of drug-likeness (QED) is 0.796. The molecule has 96 valence electrons. The summed E-state index contributed by atoms with van der Waals surface area (Å²) < 4.78 is 0. The Morgan fingerprint density at radius 1 is 1.18 bits per heavy atom. The molecule has 0 aliphatic rings. The molecule has 0 amide bonds. The van der Waals surface area contributed by atoms with Gasteiger partial charge in [0.2, 0.25) is 0 Å². The number of aromatic nitrogens is 2. The summed E-state index contributed by atoms with van der Waals surface area (Å²) in [7, 11) is 1.89. The van der Waals surface area contributed by atoms with E-state index in [2.05, 4.69) is 34.4 Å². The predicted octanol–water partition coefficient (Wildman–Crippen LogP) is 3.13. The first-order valence-electron chi connectivity index (χ1n) is 6.38. The van der Waals surface area contributed by atoms with Crippen LogP contribution in [0.5, 0.6) is 0 Å². The lowest BCUT2D eigenvalue weighted by Gasteiger charge is -2.17. The van der Waals surface area contributed by atoms with Crippen LogP contribution in [0.2, 0.25) is 0 Å². The maximum Gasteiger partial charge on any atom is 0.134 e. The highest BCUT2D eigenvalue weighted by Crippen LogP contribution is 2.20. The Hall–Kier alpha value is -1.32. The third-order valence-electron chi connectivity index (χ3n) is 2.87. The number of aryl methyl sites for hydroxylation is 1. The zero-order valence-corrected chi connectivity index (χ0v) is 11.6. The average Bonchev–Trinajstić information content (AvgIpc) is 2.30. The molecule has 1 unspecified atom stereocenters. The molecule has 1 aromatic rings. The predicted molar refractivity (Wildman–Crippen MR) is 73.7 cm³/mol. The maximum absolute atomic E-state index is 4.47. The molecule has 1 heterocycles. The first-order valence-corrected chi connectivity index (χ1v) is 6.38. The van der Waals surface area contributed by atoms with Crippen molar-refractivity contribution >= 4 is 11.6 Å². The van der Waals surface area contributed by atoms with E-state index in [9.17, 15) is 0 Å². The molecule has 0 aliphatic heterocycles. The number of nitrogens with one attached hydrogen (secondary N) is 2. The van der Waals surface area contributed by atoms with E-state index in [0.717, 1.165) is 23.0 Å². The number of nitrogens with zero attached hydrogens (tertiary/aromatic N) is 2. The first kappa shape index (κ1) is 13.7. The van der Waals surface area contributed by atoms with Gasteiger partial charge in [0.1, 0.15) is 17.5 Å². The maximum atomic E-state index is 4.47. The van der Waals surface area contributed by atoms with Crippen molar-refractivity contribution < 1.29 is 0 Å². The van der Waals surface area contributed by atoms with Crippen LogP contribution in [0.25, 0.3) is 0 Å². The molecule has 17 heavy (non-hydrogen) atoms. The number of anilines is 2. The van der Waals surface area contributed by atoms with Gasteiger partial charge in [-0.2, -0.15) is 0 Å². The van der Waals surface area contributed by atoms with Crippen molar-refractivity contribution in [3.8, 4) is 0 Å². The van der Waals surface area contributed by atoms with Crippen molar-refractivity contribution in [1.82, 2.24) is 9.97 Å². The van der Waals surface area contributed by atoms with Gasteiger partial charge in [-0.1, -0.05) is 19.8 Å². The fourth-order valence-corrected chi connectivity index (χ4v) is 1.83. The Labute approximate surface area is 104 Å². The van der Waals surface area contributed by atoms with Crippen LogP contribution in [0, 0.1) is 13.8 Å².